The molecule has 0 bridgehead atoms. The summed E-state index contributed by atoms with van der Waals surface area (Å²) < 4.78 is 5.14. The molecule has 3 N–H and O–H groups in total. The Balaban J connectivity index is 1.61. The van der Waals surface area contributed by atoms with Crippen molar-refractivity contribution < 1.29 is 14.3 Å². The number of rotatable bonds is 6. The average molecular weight is 380 g/mol. The van der Waals surface area contributed by atoms with E-state index >= 15 is 0 Å². The summed E-state index contributed by atoms with van der Waals surface area (Å²) >= 11 is 0. The van der Waals surface area contributed by atoms with Crippen LogP contribution in [0.1, 0.15) is 18.2 Å². The highest BCUT2D eigenvalue weighted by Crippen LogP contribution is 2.20. The number of alkyl carbamates (subject to hydrolysis) is 1. The van der Waals surface area contributed by atoms with Crippen LogP contribution in [0.25, 0.3) is 10.8 Å². The topological polar surface area (TPSA) is 118 Å². The Kier molecular flexibility index (Phi) is 6.29. The van der Waals surface area contributed by atoms with Gasteiger partial charge in [0, 0.05) is 30.9 Å². The summed E-state index contributed by atoms with van der Waals surface area (Å²) in [5.74, 6) is 0.452. The maximum atomic E-state index is 11.9. The molecule has 3 amide bonds. The number of aromatic nitrogens is 3. The standard InChI is InChI=1S/C19H20N6O3/c1-2-21-18(26)25-17-8-13-4-3-5-14(16(13)10-22-17)9-23-19(27)28-11-15-6-7-20-12-24-15/h3-8,10,12H,2,9,11H2,1H3,(H,23,27)(H2,21,22,25,26). The van der Waals surface area contributed by atoms with Crippen molar-refractivity contribution >= 4 is 28.7 Å². The van der Waals surface area contributed by atoms with Crippen LogP contribution in [0.15, 0.2) is 49.1 Å². The number of benzene rings is 1. The number of ether oxygens (including phenoxy) is 1. The number of hydrogen-bond acceptors (Lipinski definition) is 6. The summed E-state index contributed by atoms with van der Waals surface area (Å²) in [6.45, 7) is 2.72. The number of hydrogen-bond donors (Lipinski definition) is 3. The van der Waals surface area contributed by atoms with E-state index in [1.807, 2.05) is 25.1 Å². The molecule has 3 rings (SSSR count). The number of anilines is 1. The van der Waals surface area contributed by atoms with Crippen molar-refractivity contribution in [2.24, 2.45) is 0 Å². The second kappa shape index (κ2) is 9.26. The molecule has 2 aromatic heterocycles. The molecule has 0 fully saturated rings. The van der Waals surface area contributed by atoms with Gasteiger partial charge < -0.3 is 15.4 Å². The Labute approximate surface area is 161 Å². The molecule has 0 atom stereocenters. The van der Waals surface area contributed by atoms with Gasteiger partial charge in [0.2, 0.25) is 0 Å². The molecule has 0 aliphatic heterocycles. The quantitative estimate of drug-likeness (QED) is 0.605. The minimum atomic E-state index is -0.543. The van der Waals surface area contributed by atoms with E-state index in [9.17, 15) is 9.59 Å². The Morgan fingerprint density at radius 1 is 1.14 bits per heavy atom. The highest BCUT2D eigenvalue weighted by atomic mass is 16.5. The first-order valence-corrected chi connectivity index (χ1v) is 8.73. The van der Waals surface area contributed by atoms with Gasteiger partial charge in [-0.3, -0.25) is 5.32 Å². The normalized spacial score (nSPS) is 10.3. The van der Waals surface area contributed by atoms with Gasteiger partial charge in [0.15, 0.2) is 0 Å². The van der Waals surface area contributed by atoms with Gasteiger partial charge in [-0.2, -0.15) is 0 Å². The lowest BCUT2D eigenvalue weighted by Gasteiger charge is -2.10. The third-order valence-electron chi connectivity index (χ3n) is 3.85. The van der Waals surface area contributed by atoms with E-state index in [0.717, 1.165) is 16.3 Å². The van der Waals surface area contributed by atoms with Gasteiger partial charge in [-0.05, 0) is 30.0 Å². The summed E-state index contributed by atoms with van der Waals surface area (Å²) in [6, 6.07) is 8.83. The monoisotopic (exact) mass is 380 g/mol. The van der Waals surface area contributed by atoms with Crippen LogP contribution in [-0.4, -0.2) is 33.6 Å². The highest BCUT2D eigenvalue weighted by Gasteiger charge is 2.08. The molecule has 144 valence electrons. The van der Waals surface area contributed by atoms with Crippen molar-refractivity contribution in [3.8, 4) is 0 Å². The molecule has 0 spiro atoms. The first-order chi connectivity index (χ1) is 13.7. The molecule has 0 aliphatic carbocycles. The Bertz CT molecular complexity index is 964. The summed E-state index contributed by atoms with van der Waals surface area (Å²) in [5.41, 5.74) is 1.50. The number of urea groups is 1. The van der Waals surface area contributed by atoms with Gasteiger partial charge in [0.25, 0.3) is 0 Å². The lowest BCUT2D eigenvalue weighted by Crippen LogP contribution is -2.28. The van der Waals surface area contributed by atoms with Crippen molar-refractivity contribution in [2.75, 3.05) is 11.9 Å². The molecule has 3 aromatic rings. The van der Waals surface area contributed by atoms with Crippen molar-refractivity contribution in [2.45, 2.75) is 20.1 Å². The highest BCUT2D eigenvalue weighted by molar-refractivity contribution is 5.92. The van der Waals surface area contributed by atoms with Crippen LogP contribution in [0.2, 0.25) is 0 Å². The molecule has 0 radical (unpaired) electrons. The number of fused-ring (bicyclic) bond motifs is 1. The zero-order valence-corrected chi connectivity index (χ0v) is 15.3. The van der Waals surface area contributed by atoms with Gasteiger partial charge >= 0.3 is 12.1 Å². The fraction of sp³-hybridized carbons (Fsp3) is 0.211. The molecular formula is C19H20N6O3. The van der Waals surface area contributed by atoms with E-state index in [2.05, 4.69) is 30.9 Å². The molecule has 0 saturated heterocycles. The number of pyridine rings is 1. The summed E-state index contributed by atoms with van der Waals surface area (Å²) in [4.78, 5) is 35.6. The van der Waals surface area contributed by atoms with E-state index in [1.54, 1.807) is 24.5 Å². The van der Waals surface area contributed by atoms with Crippen LogP contribution in [0, 0.1) is 0 Å². The molecule has 9 heteroatoms. The van der Waals surface area contributed by atoms with Crippen LogP contribution in [0.5, 0.6) is 0 Å². The molecular weight excluding hydrogens is 360 g/mol. The smallest absolute Gasteiger partial charge is 0.407 e. The first-order valence-electron chi connectivity index (χ1n) is 8.73. The van der Waals surface area contributed by atoms with Gasteiger partial charge in [0.05, 0.1) is 5.69 Å². The molecule has 1 aromatic carbocycles. The van der Waals surface area contributed by atoms with Crippen molar-refractivity contribution in [3.63, 3.8) is 0 Å². The number of amides is 3. The van der Waals surface area contributed by atoms with E-state index in [1.165, 1.54) is 6.33 Å². The largest absolute Gasteiger partial charge is 0.443 e. The maximum Gasteiger partial charge on any atom is 0.407 e. The summed E-state index contributed by atoms with van der Waals surface area (Å²) in [5, 5.41) is 9.81. The third kappa shape index (κ3) is 5.13. The van der Waals surface area contributed by atoms with Crippen LogP contribution in [0.3, 0.4) is 0 Å². The first kappa shape index (κ1) is 19.0. The minimum Gasteiger partial charge on any atom is -0.443 e. The number of carbonyl (C=O) groups excluding carboxylic acids is 2. The van der Waals surface area contributed by atoms with E-state index in [-0.39, 0.29) is 19.2 Å². The molecule has 0 aliphatic rings. The number of nitrogens with zero attached hydrogens (tertiary/aromatic N) is 3. The second-order valence-electron chi connectivity index (χ2n) is 5.82. The average Bonchev–Trinajstić information content (AvgIpc) is 2.71. The van der Waals surface area contributed by atoms with E-state index in [0.29, 0.717) is 18.1 Å². The van der Waals surface area contributed by atoms with Crippen molar-refractivity contribution in [3.05, 3.63) is 60.3 Å². The van der Waals surface area contributed by atoms with Crippen LogP contribution in [0.4, 0.5) is 15.4 Å². The number of nitrogens with one attached hydrogen (secondary N) is 3. The molecule has 28 heavy (non-hydrogen) atoms. The van der Waals surface area contributed by atoms with Crippen molar-refractivity contribution in [1.29, 1.82) is 0 Å². The lowest BCUT2D eigenvalue weighted by molar-refractivity contribution is 0.137. The predicted molar refractivity (Wildman–Crippen MR) is 103 cm³/mol. The van der Waals surface area contributed by atoms with Crippen LogP contribution >= 0.6 is 0 Å². The molecule has 0 unspecified atom stereocenters. The Morgan fingerprint density at radius 3 is 2.82 bits per heavy atom. The van der Waals surface area contributed by atoms with E-state index in [4.69, 9.17) is 4.74 Å². The van der Waals surface area contributed by atoms with E-state index < -0.39 is 6.09 Å². The molecule has 2 heterocycles. The Hall–Kier alpha value is -3.75. The van der Waals surface area contributed by atoms with Gasteiger partial charge in [-0.25, -0.2) is 24.5 Å². The van der Waals surface area contributed by atoms with Crippen LogP contribution in [-0.2, 0) is 17.9 Å². The minimum absolute atomic E-state index is 0.0697. The second-order valence-corrected chi connectivity index (χ2v) is 5.82. The predicted octanol–water partition coefficient (Wildman–Crippen LogP) is 2.59. The maximum absolute atomic E-state index is 11.9. The zero-order chi connectivity index (χ0) is 19.8. The molecule has 9 nitrogen and oxygen atoms in total. The SMILES string of the molecule is CCNC(=O)Nc1cc2cccc(CNC(=O)OCc3ccncn3)c2cn1. The third-order valence-corrected chi connectivity index (χ3v) is 3.85. The van der Waals surface area contributed by atoms with Crippen LogP contribution < -0.4 is 16.0 Å². The lowest BCUT2D eigenvalue weighted by atomic mass is 10.1. The Morgan fingerprint density at radius 2 is 2.04 bits per heavy atom. The fourth-order valence-electron chi connectivity index (χ4n) is 2.54. The zero-order valence-electron chi connectivity index (χ0n) is 15.3. The summed E-state index contributed by atoms with van der Waals surface area (Å²) in [6.07, 6.45) is 4.11. The van der Waals surface area contributed by atoms with Crippen molar-refractivity contribution in [1.82, 2.24) is 25.6 Å². The molecule has 0 saturated carbocycles. The fourth-order valence-corrected chi connectivity index (χ4v) is 2.54. The summed E-state index contributed by atoms with van der Waals surface area (Å²) in [7, 11) is 0. The number of carbonyl (C=O) groups is 2. The van der Waals surface area contributed by atoms with Gasteiger partial charge in [0.1, 0.15) is 18.8 Å². The van der Waals surface area contributed by atoms with Gasteiger partial charge in [-0.15, -0.1) is 0 Å². The van der Waals surface area contributed by atoms with Gasteiger partial charge in [-0.1, -0.05) is 18.2 Å².